The normalized spacial score (nSPS) is 17.6. The minimum Gasteiger partial charge on any atom is -0.476 e. The van der Waals surface area contributed by atoms with Crippen LogP contribution in [0.4, 0.5) is 10.1 Å². The summed E-state index contributed by atoms with van der Waals surface area (Å²) < 4.78 is 43.7. The van der Waals surface area contributed by atoms with Crippen molar-refractivity contribution in [1.29, 1.82) is 0 Å². The molecule has 1 aliphatic heterocycles. The number of carboxylic acids is 1. The van der Waals surface area contributed by atoms with Crippen LogP contribution in [0.2, 0.25) is 0 Å². The lowest BCUT2D eigenvalue weighted by molar-refractivity contribution is -0.134. The van der Waals surface area contributed by atoms with Gasteiger partial charge in [0, 0.05) is 19.2 Å². The first-order valence-electron chi connectivity index (χ1n) is 5.53. The van der Waals surface area contributed by atoms with Crippen LogP contribution in [-0.4, -0.2) is 32.6 Å². The summed E-state index contributed by atoms with van der Waals surface area (Å²) >= 11 is 0. The third kappa shape index (κ3) is 3.06. The molecular weight excluding hydrogens is 291 g/mol. The zero-order valence-corrected chi connectivity index (χ0v) is 10.9. The number of hydrogen-bond acceptors (Lipinski definition) is 5. The van der Waals surface area contributed by atoms with Crippen LogP contribution >= 0.6 is 0 Å². The molecule has 0 radical (unpaired) electrons. The van der Waals surface area contributed by atoms with Gasteiger partial charge in [0.05, 0.1) is 5.69 Å². The van der Waals surface area contributed by atoms with Gasteiger partial charge in [0.25, 0.3) is 0 Å². The molecule has 0 spiro atoms. The lowest BCUT2D eigenvalue weighted by atomic mass is 10.3. The first-order valence-corrected chi connectivity index (χ1v) is 7.02. The van der Waals surface area contributed by atoms with Gasteiger partial charge in [-0.25, -0.2) is 17.9 Å². The highest BCUT2D eigenvalue weighted by molar-refractivity contribution is 7.89. The molecule has 0 bridgehead atoms. The first kappa shape index (κ1) is 14.3. The third-order valence-electron chi connectivity index (χ3n) is 2.48. The number of halogens is 1. The van der Waals surface area contributed by atoms with Gasteiger partial charge in [0.2, 0.25) is 15.9 Å². The van der Waals surface area contributed by atoms with Crippen LogP contribution < -0.4 is 14.8 Å². The van der Waals surface area contributed by atoms with Crippen molar-refractivity contribution in [1.82, 2.24) is 4.72 Å². The van der Waals surface area contributed by atoms with Gasteiger partial charge < -0.3 is 15.2 Å². The van der Waals surface area contributed by atoms with Gasteiger partial charge in [0.1, 0.15) is 16.9 Å². The quantitative estimate of drug-likeness (QED) is 0.560. The Morgan fingerprint density at radius 3 is 2.85 bits per heavy atom. The maximum Gasteiger partial charge on any atom is 0.368 e. The van der Waals surface area contributed by atoms with Gasteiger partial charge in [-0.15, -0.1) is 0 Å². The predicted octanol–water partition coefficient (Wildman–Crippen LogP) is 0.665. The summed E-state index contributed by atoms with van der Waals surface area (Å²) in [5, 5.41) is 11.2. The number of fused-ring (bicyclic) bond motifs is 1. The van der Waals surface area contributed by atoms with Gasteiger partial charge in [-0.3, -0.25) is 0 Å². The van der Waals surface area contributed by atoms with Crippen LogP contribution in [0.15, 0.2) is 35.2 Å². The maximum atomic E-state index is 12.8. The Morgan fingerprint density at radius 2 is 2.15 bits per heavy atom. The minimum absolute atomic E-state index is 0.00854. The van der Waals surface area contributed by atoms with E-state index in [-0.39, 0.29) is 17.2 Å². The lowest BCUT2D eigenvalue weighted by Crippen LogP contribution is -2.25. The van der Waals surface area contributed by atoms with E-state index in [2.05, 4.69) is 10.0 Å². The van der Waals surface area contributed by atoms with Gasteiger partial charge in [-0.05, 0) is 12.1 Å². The number of aliphatic carboxylic acids is 1. The molecule has 0 fully saturated rings. The number of sulfonamides is 1. The molecule has 7 nitrogen and oxygen atoms in total. The Labute approximate surface area is 114 Å². The van der Waals surface area contributed by atoms with E-state index in [9.17, 15) is 17.6 Å². The molecule has 1 aromatic rings. The maximum absolute atomic E-state index is 12.8. The Morgan fingerprint density at radius 1 is 1.40 bits per heavy atom. The van der Waals surface area contributed by atoms with E-state index in [1.54, 1.807) is 0 Å². The van der Waals surface area contributed by atoms with E-state index in [0.29, 0.717) is 18.5 Å². The SMILES string of the molecule is O=C(O)C(F)=COc1ccc2c(c1)S(=O)(=O)NCCN2. The van der Waals surface area contributed by atoms with Crippen molar-refractivity contribution in [3.8, 4) is 5.75 Å². The number of hydrogen-bond donors (Lipinski definition) is 3. The number of benzene rings is 1. The number of ether oxygens (including phenoxy) is 1. The topological polar surface area (TPSA) is 105 Å². The van der Waals surface area contributed by atoms with E-state index in [0.717, 1.165) is 0 Å². The fourth-order valence-electron chi connectivity index (χ4n) is 1.57. The molecule has 1 heterocycles. The van der Waals surface area contributed by atoms with Crippen molar-refractivity contribution in [3.63, 3.8) is 0 Å². The van der Waals surface area contributed by atoms with Gasteiger partial charge in [-0.2, -0.15) is 4.39 Å². The summed E-state index contributed by atoms with van der Waals surface area (Å²) in [6.45, 7) is 0.667. The van der Waals surface area contributed by atoms with Gasteiger partial charge >= 0.3 is 5.97 Å². The summed E-state index contributed by atoms with van der Waals surface area (Å²) in [6.07, 6.45) is 0.397. The van der Waals surface area contributed by atoms with Crippen molar-refractivity contribution >= 4 is 21.7 Å². The van der Waals surface area contributed by atoms with Crippen LogP contribution in [0, 0.1) is 0 Å². The van der Waals surface area contributed by atoms with Crippen molar-refractivity contribution in [2.24, 2.45) is 0 Å². The molecule has 1 aliphatic rings. The standard InChI is InChI=1S/C11H11FN2O5S/c12-8(11(15)16)6-19-7-1-2-9-10(5-7)20(17,18)14-4-3-13-9/h1-2,5-6,13-14H,3-4H2,(H,15,16). The highest BCUT2D eigenvalue weighted by Gasteiger charge is 2.21. The van der Waals surface area contributed by atoms with Crippen molar-refractivity contribution in [2.75, 3.05) is 18.4 Å². The van der Waals surface area contributed by atoms with Gasteiger partial charge in [-0.1, -0.05) is 0 Å². The summed E-state index contributed by atoms with van der Waals surface area (Å²) in [4.78, 5) is 10.2. The Balaban J connectivity index is 2.34. The van der Waals surface area contributed by atoms with E-state index >= 15 is 0 Å². The molecule has 20 heavy (non-hydrogen) atoms. The smallest absolute Gasteiger partial charge is 0.368 e. The Kier molecular flexibility index (Phi) is 3.91. The molecule has 0 aliphatic carbocycles. The Hall–Kier alpha value is -2.13. The van der Waals surface area contributed by atoms with Crippen LogP contribution in [-0.2, 0) is 14.8 Å². The minimum atomic E-state index is -3.68. The van der Waals surface area contributed by atoms with Crippen molar-refractivity contribution in [3.05, 3.63) is 30.3 Å². The number of carbonyl (C=O) groups is 1. The number of rotatable bonds is 3. The molecule has 2 rings (SSSR count). The van der Waals surface area contributed by atoms with E-state index in [1.165, 1.54) is 18.2 Å². The van der Waals surface area contributed by atoms with Crippen molar-refractivity contribution < 1.29 is 27.4 Å². The molecule has 0 amide bonds. The van der Waals surface area contributed by atoms with Crippen molar-refractivity contribution in [2.45, 2.75) is 4.90 Å². The van der Waals surface area contributed by atoms with Crippen LogP contribution in [0.25, 0.3) is 0 Å². The fraction of sp³-hybridized carbons (Fsp3) is 0.182. The number of carboxylic acid groups (broad SMARTS) is 1. The summed E-state index contributed by atoms with van der Waals surface area (Å²) in [6, 6.07) is 4.04. The second kappa shape index (κ2) is 5.47. The number of nitrogens with one attached hydrogen (secondary N) is 2. The summed E-state index contributed by atoms with van der Waals surface area (Å²) in [5.41, 5.74) is 0.394. The lowest BCUT2D eigenvalue weighted by Gasteiger charge is -2.08. The summed E-state index contributed by atoms with van der Waals surface area (Å²) in [5.74, 6) is -3.25. The highest BCUT2D eigenvalue weighted by atomic mass is 32.2. The van der Waals surface area contributed by atoms with Crippen LogP contribution in [0.1, 0.15) is 0 Å². The molecule has 3 N–H and O–H groups in total. The van der Waals surface area contributed by atoms with Gasteiger partial charge in [0.15, 0.2) is 0 Å². The average molecular weight is 302 g/mol. The summed E-state index contributed by atoms with van der Waals surface area (Å²) in [7, 11) is -3.68. The second-order valence-corrected chi connectivity index (χ2v) is 5.61. The zero-order valence-electron chi connectivity index (χ0n) is 10.1. The Bertz CT molecular complexity index is 671. The molecule has 0 saturated carbocycles. The molecular formula is C11H11FN2O5S. The third-order valence-corrected chi connectivity index (χ3v) is 3.98. The molecule has 0 aromatic heterocycles. The zero-order chi connectivity index (χ0) is 14.8. The largest absolute Gasteiger partial charge is 0.476 e. The second-order valence-electron chi connectivity index (χ2n) is 3.87. The van der Waals surface area contributed by atoms with Crippen LogP contribution in [0.5, 0.6) is 5.75 Å². The molecule has 9 heteroatoms. The average Bonchev–Trinajstić information content (AvgIpc) is 2.55. The first-order chi connectivity index (χ1) is 9.40. The van der Waals surface area contributed by atoms with Crippen LogP contribution in [0.3, 0.4) is 0 Å². The van der Waals surface area contributed by atoms with E-state index in [4.69, 9.17) is 9.84 Å². The fourth-order valence-corrected chi connectivity index (χ4v) is 2.80. The molecule has 108 valence electrons. The molecule has 1 aromatic carbocycles. The van der Waals surface area contributed by atoms with E-state index < -0.39 is 21.8 Å². The van der Waals surface area contributed by atoms with E-state index in [1.807, 2.05) is 0 Å². The highest BCUT2D eigenvalue weighted by Crippen LogP contribution is 2.27. The molecule has 0 unspecified atom stereocenters. The predicted molar refractivity (Wildman–Crippen MR) is 67.6 cm³/mol. The molecule has 0 saturated heterocycles. The molecule has 0 atom stereocenters. The number of anilines is 1. The monoisotopic (exact) mass is 302 g/mol.